The van der Waals surface area contributed by atoms with Crippen molar-refractivity contribution in [1.82, 2.24) is 9.80 Å². The Kier molecular flexibility index (Phi) is 3.69. The van der Waals surface area contributed by atoms with Gasteiger partial charge in [0.1, 0.15) is 5.60 Å². The number of hydrogen-bond acceptors (Lipinski definition) is 3. The van der Waals surface area contributed by atoms with Gasteiger partial charge in [-0.05, 0) is 27.2 Å². The number of alkyl halides is 1. The van der Waals surface area contributed by atoms with E-state index in [1.165, 1.54) is 0 Å². The maximum absolute atomic E-state index is 11.9. The molecule has 17 heavy (non-hydrogen) atoms. The highest BCUT2D eigenvalue weighted by molar-refractivity contribution is 9.09. The molecule has 0 aromatic heterocycles. The molecule has 0 radical (unpaired) electrons. The molecule has 2 rings (SSSR count). The first-order chi connectivity index (χ1) is 7.85. The van der Waals surface area contributed by atoms with Gasteiger partial charge in [-0.15, -0.1) is 0 Å². The molecule has 0 saturated carbocycles. The number of carbonyl (C=O) groups excluding carboxylic acids is 1. The van der Waals surface area contributed by atoms with Gasteiger partial charge >= 0.3 is 6.09 Å². The van der Waals surface area contributed by atoms with Crippen LogP contribution in [0.5, 0.6) is 0 Å². The predicted molar refractivity (Wildman–Crippen MR) is 70.5 cm³/mol. The number of rotatable bonds is 1. The molecule has 1 atom stereocenters. The molecular weight excluding hydrogens is 284 g/mol. The number of likely N-dealkylation sites (tertiary alicyclic amines) is 2. The van der Waals surface area contributed by atoms with Crippen molar-refractivity contribution in [3.63, 3.8) is 0 Å². The van der Waals surface area contributed by atoms with Crippen LogP contribution in [-0.2, 0) is 4.74 Å². The number of nitrogens with zero attached hydrogens (tertiary/aromatic N) is 2. The molecule has 2 saturated heterocycles. The van der Waals surface area contributed by atoms with E-state index in [1.54, 1.807) is 0 Å². The van der Waals surface area contributed by atoms with Crippen molar-refractivity contribution in [3.8, 4) is 0 Å². The van der Waals surface area contributed by atoms with Crippen LogP contribution >= 0.6 is 15.9 Å². The second-order valence-corrected chi connectivity index (χ2v) is 7.22. The van der Waals surface area contributed by atoms with Gasteiger partial charge in [-0.1, -0.05) is 15.9 Å². The van der Waals surface area contributed by atoms with Crippen LogP contribution in [0.4, 0.5) is 4.79 Å². The number of amides is 1. The van der Waals surface area contributed by atoms with E-state index >= 15 is 0 Å². The number of halogens is 1. The SMILES string of the molecule is CC(C)(C)OC(=O)N1CC[C@@H](N2CC(Br)C2)C1. The Bertz CT molecular complexity index is 297. The standard InChI is InChI=1S/C12H21BrN2O2/c1-12(2,3)17-11(16)14-5-4-10(8-14)15-6-9(13)7-15/h9-10H,4-8H2,1-3H3/t10-/m1/s1. The van der Waals surface area contributed by atoms with Crippen molar-refractivity contribution in [2.75, 3.05) is 26.2 Å². The summed E-state index contributed by atoms with van der Waals surface area (Å²) < 4.78 is 5.38. The molecule has 0 aromatic rings. The third-order valence-corrected chi connectivity index (χ3v) is 3.78. The first-order valence-corrected chi connectivity index (χ1v) is 7.13. The Labute approximate surface area is 111 Å². The average Bonchev–Trinajstić information content (AvgIpc) is 2.58. The third-order valence-electron chi connectivity index (χ3n) is 3.20. The van der Waals surface area contributed by atoms with E-state index < -0.39 is 5.60 Å². The second-order valence-electron chi connectivity index (χ2n) is 5.92. The van der Waals surface area contributed by atoms with Crippen molar-refractivity contribution in [3.05, 3.63) is 0 Å². The van der Waals surface area contributed by atoms with Gasteiger partial charge < -0.3 is 9.64 Å². The molecule has 5 heteroatoms. The normalized spacial score (nSPS) is 27.1. The Hall–Kier alpha value is -0.290. The van der Waals surface area contributed by atoms with E-state index in [-0.39, 0.29) is 6.09 Å². The summed E-state index contributed by atoms with van der Waals surface area (Å²) in [6.07, 6.45) is 0.898. The van der Waals surface area contributed by atoms with E-state index in [0.29, 0.717) is 10.9 Å². The fourth-order valence-electron chi connectivity index (χ4n) is 2.29. The fraction of sp³-hybridized carbons (Fsp3) is 0.917. The lowest BCUT2D eigenvalue weighted by atomic mass is 10.1. The summed E-state index contributed by atoms with van der Waals surface area (Å²) in [6.45, 7) is 9.56. The van der Waals surface area contributed by atoms with Crippen molar-refractivity contribution in [1.29, 1.82) is 0 Å². The number of hydrogen-bond donors (Lipinski definition) is 0. The Morgan fingerprint density at radius 2 is 1.94 bits per heavy atom. The molecule has 0 aromatic carbocycles. The molecule has 2 fully saturated rings. The lowest BCUT2D eigenvalue weighted by molar-refractivity contribution is 0.0271. The summed E-state index contributed by atoms with van der Waals surface area (Å²) in [4.78, 5) is 16.8. The topological polar surface area (TPSA) is 32.8 Å². The summed E-state index contributed by atoms with van der Waals surface area (Å²) in [5.74, 6) is 0. The van der Waals surface area contributed by atoms with E-state index in [2.05, 4.69) is 20.8 Å². The summed E-state index contributed by atoms with van der Waals surface area (Å²) in [5, 5.41) is 0. The van der Waals surface area contributed by atoms with Crippen LogP contribution in [0.1, 0.15) is 27.2 Å². The van der Waals surface area contributed by atoms with Crippen LogP contribution in [0, 0.1) is 0 Å². The van der Waals surface area contributed by atoms with E-state index in [4.69, 9.17) is 4.74 Å². The van der Waals surface area contributed by atoms with Crippen molar-refractivity contribution in [2.24, 2.45) is 0 Å². The molecule has 0 spiro atoms. The lowest BCUT2D eigenvalue weighted by Crippen LogP contribution is -2.53. The smallest absolute Gasteiger partial charge is 0.410 e. The summed E-state index contributed by atoms with van der Waals surface area (Å²) in [7, 11) is 0. The second kappa shape index (κ2) is 4.76. The number of ether oxygens (including phenoxy) is 1. The van der Waals surface area contributed by atoms with Crippen LogP contribution in [0.3, 0.4) is 0 Å². The highest BCUT2D eigenvalue weighted by Gasteiger charge is 2.37. The van der Waals surface area contributed by atoms with Gasteiger partial charge in [-0.2, -0.15) is 0 Å². The van der Waals surface area contributed by atoms with Gasteiger partial charge in [0, 0.05) is 37.0 Å². The lowest BCUT2D eigenvalue weighted by Gasteiger charge is -2.40. The molecule has 1 amide bonds. The van der Waals surface area contributed by atoms with Gasteiger partial charge in [0.2, 0.25) is 0 Å². The van der Waals surface area contributed by atoms with E-state index in [9.17, 15) is 4.79 Å². The molecule has 0 unspecified atom stereocenters. The fourth-order valence-corrected chi connectivity index (χ4v) is 3.03. The van der Waals surface area contributed by atoms with Gasteiger partial charge in [0.25, 0.3) is 0 Å². The molecule has 2 heterocycles. The third kappa shape index (κ3) is 3.35. The van der Waals surface area contributed by atoms with Crippen molar-refractivity contribution in [2.45, 2.75) is 43.7 Å². The molecule has 0 N–H and O–H groups in total. The Balaban J connectivity index is 1.79. The summed E-state index contributed by atoms with van der Waals surface area (Å²) in [6, 6.07) is 0.524. The Morgan fingerprint density at radius 1 is 1.29 bits per heavy atom. The van der Waals surface area contributed by atoms with Gasteiger partial charge in [-0.3, -0.25) is 4.90 Å². The zero-order valence-corrected chi connectivity index (χ0v) is 12.4. The minimum absolute atomic E-state index is 0.170. The molecule has 2 aliphatic rings. The van der Waals surface area contributed by atoms with Crippen LogP contribution in [-0.4, -0.2) is 58.5 Å². The minimum Gasteiger partial charge on any atom is -0.444 e. The monoisotopic (exact) mass is 304 g/mol. The first-order valence-electron chi connectivity index (χ1n) is 6.21. The Morgan fingerprint density at radius 3 is 2.47 bits per heavy atom. The van der Waals surface area contributed by atoms with E-state index in [0.717, 1.165) is 32.6 Å². The zero-order valence-electron chi connectivity index (χ0n) is 10.8. The largest absolute Gasteiger partial charge is 0.444 e. The molecule has 4 nitrogen and oxygen atoms in total. The van der Waals surface area contributed by atoms with Gasteiger partial charge in [-0.25, -0.2) is 4.79 Å². The quantitative estimate of drug-likeness (QED) is 0.695. The average molecular weight is 305 g/mol. The first kappa shape index (κ1) is 13.1. The van der Waals surface area contributed by atoms with Crippen LogP contribution < -0.4 is 0 Å². The highest BCUT2D eigenvalue weighted by Crippen LogP contribution is 2.25. The van der Waals surface area contributed by atoms with Crippen LogP contribution in [0.2, 0.25) is 0 Å². The van der Waals surface area contributed by atoms with Crippen molar-refractivity contribution >= 4 is 22.0 Å². The predicted octanol–water partition coefficient (Wildman–Crippen LogP) is 2.07. The zero-order chi connectivity index (χ0) is 12.6. The summed E-state index contributed by atoms with van der Waals surface area (Å²) in [5.41, 5.74) is -0.396. The van der Waals surface area contributed by atoms with Gasteiger partial charge in [0.15, 0.2) is 0 Å². The maximum atomic E-state index is 11.9. The maximum Gasteiger partial charge on any atom is 0.410 e. The number of carbonyl (C=O) groups is 1. The summed E-state index contributed by atoms with van der Waals surface area (Å²) >= 11 is 3.58. The van der Waals surface area contributed by atoms with E-state index in [1.807, 2.05) is 25.7 Å². The van der Waals surface area contributed by atoms with Crippen LogP contribution in [0.15, 0.2) is 0 Å². The molecular formula is C12H21BrN2O2. The minimum atomic E-state index is -0.396. The molecule has 2 aliphatic heterocycles. The highest BCUT2D eigenvalue weighted by atomic mass is 79.9. The molecule has 98 valence electrons. The van der Waals surface area contributed by atoms with Crippen molar-refractivity contribution < 1.29 is 9.53 Å². The molecule has 0 aliphatic carbocycles. The van der Waals surface area contributed by atoms with Crippen LogP contribution in [0.25, 0.3) is 0 Å². The molecule has 0 bridgehead atoms. The van der Waals surface area contributed by atoms with Gasteiger partial charge in [0.05, 0.1) is 0 Å².